The van der Waals surface area contributed by atoms with Gasteiger partial charge in [0.05, 0.1) is 0 Å². The third kappa shape index (κ3) is 1.88. The Morgan fingerprint density at radius 1 is 1.38 bits per heavy atom. The lowest BCUT2D eigenvalue weighted by molar-refractivity contribution is 0.549. The summed E-state index contributed by atoms with van der Waals surface area (Å²) in [5, 5.41) is 0.868. The largest absolute Gasteiger partial charge is 0.0843 e. The van der Waals surface area contributed by atoms with Gasteiger partial charge in [-0.15, -0.1) is 0 Å². The van der Waals surface area contributed by atoms with Crippen molar-refractivity contribution in [2.24, 2.45) is 11.8 Å². The molecule has 0 amide bonds. The topological polar surface area (TPSA) is 0 Å². The molecular weight excluding hydrogens is 180 g/mol. The van der Waals surface area contributed by atoms with Gasteiger partial charge >= 0.3 is 0 Å². The zero-order valence-electron chi connectivity index (χ0n) is 8.13. The van der Waals surface area contributed by atoms with Crippen LogP contribution in [0.15, 0.2) is 24.3 Å². The first-order chi connectivity index (χ1) is 6.18. The maximum atomic E-state index is 5.94. The van der Waals surface area contributed by atoms with Crippen molar-refractivity contribution in [3.8, 4) is 0 Å². The lowest BCUT2D eigenvalue weighted by atomic mass is 10.0. The Morgan fingerprint density at radius 3 is 2.69 bits per heavy atom. The predicted molar refractivity (Wildman–Crippen MR) is 57.1 cm³/mol. The molecule has 0 nitrogen and oxygen atoms in total. The van der Waals surface area contributed by atoms with Crippen molar-refractivity contribution in [2.45, 2.75) is 26.2 Å². The number of hydrogen-bond acceptors (Lipinski definition) is 0. The van der Waals surface area contributed by atoms with E-state index in [-0.39, 0.29) is 0 Å². The van der Waals surface area contributed by atoms with Gasteiger partial charge in [0.2, 0.25) is 0 Å². The van der Waals surface area contributed by atoms with Crippen LogP contribution in [0.5, 0.6) is 0 Å². The van der Waals surface area contributed by atoms with Gasteiger partial charge in [0.25, 0.3) is 0 Å². The molecular formula is C12H15Cl. The molecule has 0 saturated heterocycles. The van der Waals surface area contributed by atoms with E-state index in [0.717, 1.165) is 22.8 Å². The highest BCUT2D eigenvalue weighted by molar-refractivity contribution is 6.30. The molecule has 1 aliphatic rings. The van der Waals surface area contributed by atoms with E-state index >= 15 is 0 Å². The molecule has 1 heteroatoms. The Bertz CT molecular complexity index is 304. The van der Waals surface area contributed by atoms with Crippen molar-refractivity contribution in [3.05, 3.63) is 34.9 Å². The molecule has 0 aromatic heterocycles. The second-order valence-electron chi connectivity index (χ2n) is 4.31. The first-order valence-electron chi connectivity index (χ1n) is 4.94. The monoisotopic (exact) mass is 194 g/mol. The molecule has 1 aromatic carbocycles. The van der Waals surface area contributed by atoms with Crippen LogP contribution in [0.4, 0.5) is 0 Å². The van der Waals surface area contributed by atoms with E-state index in [2.05, 4.69) is 26.0 Å². The molecule has 2 atom stereocenters. The molecule has 0 bridgehead atoms. The summed E-state index contributed by atoms with van der Waals surface area (Å²) in [6.07, 6.45) is 1.35. The molecule has 0 N–H and O–H groups in total. The molecule has 2 rings (SSSR count). The Hall–Kier alpha value is -0.490. The van der Waals surface area contributed by atoms with Gasteiger partial charge in [-0.3, -0.25) is 0 Å². The summed E-state index contributed by atoms with van der Waals surface area (Å²) in [5.74, 6) is 2.47. The molecule has 1 aliphatic carbocycles. The van der Waals surface area contributed by atoms with Crippen molar-refractivity contribution in [3.63, 3.8) is 0 Å². The summed E-state index contributed by atoms with van der Waals surface area (Å²) in [5.41, 5.74) is 1.42. The van der Waals surface area contributed by atoms with Crippen molar-refractivity contribution >= 4 is 11.6 Å². The first-order valence-corrected chi connectivity index (χ1v) is 5.31. The third-order valence-electron chi connectivity index (χ3n) is 2.97. The van der Waals surface area contributed by atoms with Crippen molar-refractivity contribution in [1.82, 2.24) is 0 Å². The molecule has 1 saturated carbocycles. The van der Waals surface area contributed by atoms with Gasteiger partial charge < -0.3 is 0 Å². The number of hydrogen-bond donors (Lipinski definition) is 0. The van der Waals surface area contributed by atoms with Gasteiger partial charge in [-0.05, 0) is 41.9 Å². The number of benzene rings is 1. The Labute approximate surface area is 84.9 Å². The fourth-order valence-corrected chi connectivity index (χ4v) is 2.27. The van der Waals surface area contributed by atoms with Crippen LogP contribution < -0.4 is 0 Å². The zero-order valence-corrected chi connectivity index (χ0v) is 8.88. The first kappa shape index (κ1) is 9.08. The van der Waals surface area contributed by atoms with Crippen LogP contribution in [0, 0.1) is 11.8 Å². The summed E-state index contributed by atoms with van der Waals surface area (Å²) in [6, 6.07) is 8.29. The minimum atomic E-state index is 0.777. The van der Waals surface area contributed by atoms with Crippen LogP contribution in [-0.2, 0) is 0 Å². The molecule has 0 heterocycles. The van der Waals surface area contributed by atoms with E-state index in [1.165, 1.54) is 12.0 Å². The maximum Gasteiger partial charge on any atom is 0.0408 e. The van der Waals surface area contributed by atoms with Gasteiger partial charge in [0, 0.05) is 5.02 Å². The zero-order chi connectivity index (χ0) is 9.42. The Morgan fingerprint density at radius 2 is 2.15 bits per heavy atom. The van der Waals surface area contributed by atoms with E-state index in [1.54, 1.807) is 0 Å². The standard InChI is InChI=1S/C12H15Cl/c1-8(2)11-7-12(11)9-4-3-5-10(13)6-9/h3-6,8,11-12H,7H2,1-2H3/t11-,12-/m1/s1. The number of halogens is 1. The highest BCUT2D eigenvalue weighted by Crippen LogP contribution is 2.51. The fourth-order valence-electron chi connectivity index (χ4n) is 2.07. The van der Waals surface area contributed by atoms with Crippen molar-refractivity contribution in [1.29, 1.82) is 0 Å². The molecule has 70 valence electrons. The highest BCUT2D eigenvalue weighted by Gasteiger charge is 2.39. The summed E-state index contributed by atoms with van der Waals surface area (Å²) >= 11 is 5.94. The normalized spacial score (nSPS) is 26.5. The lowest BCUT2D eigenvalue weighted by Crippen LogP contribution is -1.92. The van der Waals surface area contributed by atoms with Gasteiger partial charge in [0.15, 0.2) is 0 Å². The molecule has 0 spiro atoms. The molecule has 13 heavy (non-hydrogen) atoms. The van der Waals surface area contributed by atoms with E-state index in [1.807, 2.05) is 12.1 Å². The molecule has 0 radical (unpaired) electrons. The minimum Gasteiger partial charge on any atom is -0.0843 e. The molecule has 1 fully saturated rings. The molecule has 1 aromatic rings. The summed E-state index contributed by atoms with van der Waals surface area (Å²) < 4.78 is 0. The van der Waals surface area contributed by atoms with Crippen LogP contribution in [0.2, 0.25) is 5.02 Å². The molecule has 0 aliphatic heterocycles. The SMILES string of the molecule is CC(C)[C@H]1C[C@@H]1c1cccc(Cl)c1. The Balaban J connectivity index is 2.12. The van der Waals surface area contributed by atoms with Crippen LogP contribution in [0.25, 0.3) is 0 Å². The summed E-state index contributed by atoms with van der Waals surface area (Å²) in [7, 11) is 0. The van der Waals surface area contributed by atoms with Crippen LogP contribution >= 0.6 is 11.6 Å². The van der Waals surface area contributed by atoms with E-state index < -0.39 is 0 Å². The summed E-state index contributed by atoms with van der Waals surface area (Å²) in [6.45, 7) is 4.60. The second-order valence-corrected chi connectivity index (χ2v) is 4.74. The minimum absolute atomic E-state index is 0.777. The van der Waals surface area contributed by atoms with Gasteiger partial charge in [-0.2, -0.15) is 0 Å². The quantitative estimate of drug-likeness (QED) is 0.665. The highest BCUT2D eigenvalue weighted by atomic mass is 35.5. The Kier molecular flexibility index (Phi) is 2.33. The van der Waals surface area contributed by atoms with Crippen LogP contribution in [0.1, 0.15) is 31.7 Å². The van der Waals surface area contributed by atoms with E-state index in [9.17, 15) is 0 Å². The lowest BCUT2D eigenvalue weighted by Gasteiger charge is -2.03. The number of rotatable bonds is 2. The smallest absolute Gasteiger partial charge is 0.0408 e. The van der Waals surface area contributed by atoms with E-state index in [0.29, 0.717) is 0 Å². The van der Waals surface area contributed by atoms with Crippen LogP contribution in [-0.4, -0.2) is 0 Å². The van der Waals surface area contributed by atoms with Crippen molar-refractivity contribution < 1.29 is 0 Å². The maximum absolute atomic E-state index is 5.94. The van der Waals surface area contributed by atoms with E-state index in [4.69, 9.17) is 11.6 Å². The molecule has 0 unspecified atom stereocenters. The predicted octanol–water partition coefficient (Wildman–Crippen LogP) is 4.10. The third-order valence-corrected chi connectivity index (χ3v) is 3.21. The average Bonchev–Trinajstić information content (AvgIpc) is 2.82. The van der Waals surface area contributed by atoms with Crippen LogP contribution in [0.3, 0.4) is 0 Å². The fraction of sp³-hybridized carbons (Fsp3) is 0.500. The van der Waals surface area contributed by atoms with Gasteiger partial charge in [-0.25, -0.2) is 0 Å². The summed E-state index contributed by atoms with van der Waals surface area (Å²) in [4.78, 5) is 0. The second kappa shape index (κ2) is 3.34. The average molecular weight is 195 g/mol. The van der Waals surface area contributed by atoms with Gasteiger partial charge in [-0.1, -0.05) is 37.6 Å². The van der Waals surface area contributed by atoms with Crippen molar-refractivity contribution in [2.75, 3.05) is 0 Å². The van der Waals surface area contributed by atoms with Gasteiger partial charge in [0.1, 0.15) is 0 Å².